The van der Waals surface area contributed by atoms with E-state index in [0.717, 1.165) is 18.5 Å². The van der Waals surface area contributed by atoms with E-state index in [1.165, 1.54) is 0 Å². The molecule has 0 fully saturated rings. The number of carbonyl (C=O) groups excluding carboxylic acids is 1. The van der Waals surface area contributed by atoms with Crippen LogP contribution < -0.4 is 11.1 Å². The summed E-state index contributed by atoms with van der Waals surface area (Å²) in [4.78, 5) is 12.0. The van der Waals surface area contributed by atoms with E-state index in [9.17, 15) is 4.79 Å². The van der Waals surface area contributed by atoms with Crippen LogP contribution in [0.25, 0.3) is 0 Å². The third-order valence-electron chi connectivity index (χ3n) is 2.86. The lowest BCUT2D eigenvalue weighted by atomic mass is 10.1. The molecule has 0 atom stereocenters. The van der Waals surface area contributed by atoms with Crippen LogP contribution in [-0.2, 0) is 6.54 Å². The van der Waals surface area contributed by atoms with E-state index in [2.05, 4.69) is 10.4 Å². The molecular weight excluding hydrogens is 240 g/mol. The normalized spacial score (nSPS) is 10.4. The highest BCUT2D eigenvalue weighted by molar-refractivity contribution is 5.99. The highest BCUT2D eigenvalue weighted by Crippen LogP contribution is 2.13. The molecule has 2 rings (SSSR count). The Morgan fingerprint density at radius 1 is 1.47 bits per heavy atom. The van der Waals surface area contributed by atoms with Gasteiger partial charge in [0.2, 0.25) is 0 Å². The minimum Gasteiger partial charge on any atom is -0.398 e. The molecule has 0 aliphatic carbocycles. The molecule has 3 N–H and O–H groups in total. The topological polar surface area (TPSA) is 72.9 Å². The van der Waals surface area contributed by atoms with Gasteiger partial charge in [-0.15, -0.1) is 0 Å². The maximum absolute atomic E-state index is 12.0. The Morgan fingerprint density at radius 2 is 2.32 bits per heavy atom. The zero-order valence-corrected chi connectivity index (χ0v) is 11.0. The molecule has 0 aliphatic rings. The first-order valence-electron chi connectivity index (χ1n) is 6.28. The van der Waals surface area contributed by atoms with Crippen molar-refractivity contribution in [3.8, 4) is 0 Å². The number of nitrogen functional groups attached to an aromatic ring is 1. The van der Waals surface area contributed by atoms with Gasteiger partial charge in [-0.1, -0.05) is 11.6 Å². The number of nitrogens with zero attached hydrogens (tertiary/aromatic N) is 2. The van der Waals surface area contributed by atoms with Crippen molar-refractivity contribution in [1.29, 1.82) is 0 Å². The van der Waals surface area contributed by atoms with Gasteiger partial charge >= 0.3 is 0 Å². The highest BCUT2D eigenvalue weighted by atomic mass is 16.1. The summed E-state index contributed by atoms with van der Waals surface area (Å²) >= 11 is 0. The SMILES string of the molecule is Cc1ccc(N)c(C(=O)NCCCn2cccn2)c1. The molecule has 0 aliphatic heterocycles. The number of benzene rings is 1. The largest absolute Gasteiger partial charge is 0.398 e. The number of anilines is 1. The number of aryl methyl sites for hydroxylation is 2. The summed E-state index contributed by atoms with van der Waals surface area (Å²) in [6.07, 6.45) is 4.48. The number of aromatic nitrogens is 2. The Kier molecular flexibility index (Phi) is 4.18. The lowest BCUT2D eigenvalue weighted by molar-refractivity contribution is 0.0953. The van der Waals surface area contributed by atoms with Crippen molar-refractivity contribution in [1.82, 2.24) is 15.1 Å². The molecule has 1 aromatic heterocycles. The Hall–Kier alpha value is -2.30. The summed E-state index contributed by atoms with van der Waals surface area (Å²) in [5.41, 5.74) is 7.87. The van der Waals surface area contributed by atoms with Crippen LogP contribution in [0.3, 0.4) is 0 Å². The molecule has 19 heavy (non-hydrogen) atoms. The van der Waals surface area contributed by atoms with Crippen molar-refractivity contribution in [2.75, 3.05) is 12.3 Å². The molecule has 0 saturated heterocycles. The van der Waals surface area contributed by atoms with Crippen molar-refractivity contribution < 1.29 is 4.79 Å². The van der Waals surface area contributed by atoms with E-state index in [0.29, 0.717) is 17.8 Å². The first kappa shape index (κ1) is 13.1. The molecule has 100 valence electrons. The van der Waals surface area contributed by atoms with Gasteiger partial charge in [-0.2, -0.15) is 5.10 Å². The average molecular weight is 258 g/mol. The molecule has 5 nitrogen and oxygen atoms in total. The quantitative estimate of drug-likeness (QED) is 0.632. The van der Waals surface area contributed by atoms with E-state index in [1.807, 2.05) is 29.9 Å². The Balaban J connectivity index is 1.82. The van der Waals surface area contributed by atoms with Crippen LogP contribution in [0.15, 0.2) is 36.7 Å². The van der Waals surface area contributed by atoms with Crippen LogP contribution in [0.5, 0.6) is 0 Å². The van der Waals surface area contributed by atoms with E-state index >= 15 is 0 Å². The van der Waals surface area contributed by atoms with Crippen molar-refractivity contribution in [2.24, 2.45) is 0 Å². The smallest absolute Gasteiger partial charge is 0.253 e. The minimum atomic E-state index is -0.123. The zero-order valence-electron chi connectivity index (χ0n) is 11.0. The second-order valence-electron chi connectivity index (χ2n) is 4.47. The molecule has 0 unspecified atom stereocenters. The van der Waals surface area contributed by atoms with Gasteiger partial charge in [-0.3, -0.25) is 9.48 Å². The van der Waals surface area contributed by atoms with Crippen LogP contribution in [0.4, 0.5) is 5.69 Å². The van der Waals surface area contributed by atoms with E-state index in [1.54, 1.807) is 18.3 Å². The number of hydrogen-bond acceptors (Lipinski definition) is 3. The van der Waals surface area contributed by atoms with Crippen molar-refractivity contribution in [2.45, 2.75) is 19.9 Å². The van der Waals surface area contributed by atoms with Crippen LogP contribution in [0.2, 0.25) is 0 Å². The van der Waals surface area contributed by atoms with Gasteiger partial charge in [-0.05, 0) is 31.5 Å². The number of nitrogens with two attached hydrogens (primary N) is 1. The fourth-order valence-corrected chi connectivity index (χ4v) is 1.84. The summed E-state index contributed by atoms with van der Waals surface area (Å²) in [7, 11) is 0. The zero-order chi connectivity index (χ0) is 13.7. The van der Waals surface area contributed by atoms with Crippen LogP contribution in [-0.4, -0.2) is 22.2 Å². The van der Waals surface area contributed by atoms with E-state index in [4.69, 9.17) is 5.73 Å². The highest BCUT2D eigenvalue weighted by Gasteiger charge is 2.08. The molecule has 5 heteroatoms. The number of amides is 1. The number of carbonyl (C=O) groups is 1. The third kappa shape index (κ3) is 3.58. The van der Waals surface area contributed by atoms with E-state index in [-0.39, 0.29) is 5.91 Å². The molecule has 1 heterocycles. The van der Waals surface area contributed by atoms with Gasteiger partial charge in [0.1, 0.15) is 0 Å². The lowest BCUT2D eigenvalue weighted by Gasteiger charge is -2.08. The Bertz CT molecular complexity index is 549. The molecule has 1 aromatic carbocycles. The van der Waals surface area contributed by atoms with Gasteiger partial charge in [0.05, 0.1) is 5.56 Å². The average Bonchev–Trinajstić information content (AvgIpc) is 2.90. The van der Waals surface area contributed by atoms with E-state index < -0.39 is 0 Å². The van der Waals surface area contributed by atoms with Gasteiger partial charge in [0.15, 0.2) is 0 Å². The first-order valence-corrected chi connectivity index (χ1v) is 6.28. The van der Waals surface area contributed by atoms with Crippen molar-refractivity contribution >= 4 is 11.6 Å². The summed E-state index contributed by atoms with van der Waals surface area (Å²) in [5.74, 6) is -0.123. The molecule has 0 spiro atoms. The standard InChI is InChI=1S/C14H18N4O/c1-11-4-5-13(15)12(10-11)14(19)16-6-2-8-18-9-3-7-17-18/h3-5,7,9-10H,2,6,8,15H2,1H3,(H,16,19). The predicted octanol–water partition coefficient (Wildman–Crippen LogP) is 1.59. The molecule has 2 aromatic rings. The summed E-state index contributed by atoms with van der Waals surface area (Å²) in [6.45, 7) is 3.33. The molecular formula is C14H18N4O. The molecule has 1 amide bonds. The number of hydrogen-bond donors (Lipinski definition) is 2. The monoisotopic (exact) mass is 258 g/mol. The third-order valence-corrected chi connectivity index (χ3v) is 2.86. The van der Waals surface area contributed by atoms with Gasteiger partial charge < -0.3 is 11.1 Å². The molecule has 0 radical (unpaired) electrons. The van der Waals surface area contributed by atoms with Crippen molar-refractivity contribution in [3.05, 3.63) is 47.8 Å². The van der Waals surface area contributed by atoms with Crippen LogP contribution in [0.1, 0.15) is 22.3 Å². The molecule has 0 bridgehead atoms. The maximum atomic E-state index is 12.0. The summed E-state index contributed by atoms with van der Waals surface area (Å²) < 4.78 is 1.84. The second-order valence-corrected chi connectivity index (χ2v) is 4.47. The fourth-order valence-electron chi connectivity index (χ4n) is 1.84. The van der Waals surface area contributed by atoms with Crippen molar-refractivity contribution in [3.63, 3.8) is 0 Å². The first-order chi connectivity index (χ1) is 9.16. The van der Waals surface area contributed by atoms with Gasteiger partial charge in [-0.25, -0.2) is 0 Å². The Labute approximate surface area is 112 Å². The molecule has 0 saturated carbocycles. The maximum Gasteiger partial charge on any atom is 0.253 e. The number of rotatable bonds is 5. The van der Waals surface area contributed by atoms with Gasteiger partial charge in [0, 0.05) is 31.2 Å². The summed E-state index contributed by atoms with van der Waals surface area (Å²) in [5, 5.41) is 6.97. The van der Waals surface area contributed by atoms with Crippen LogP contribution in [0, 0.1) is 6.92 Å². The summed E-state index contributed by atoms with van der Waals surface area (Å²) in [6, 6.07) is 7.34. The number of nitrogens with one attached hydrogen (secondary N) is 1. The Morgan fingerprint density at radius 3 is 3.05 bits per heavy atom. The fraction of sp³-hybridized carbons (Fsp3) is 0.286. The van der Waals surface area contributed by atoms with Gasteiger partial charge in [0.25, 0.3) is 5.91 Å². The van der Waals surface area contributed by atoms with Crippen LogP contribution >= 0.6 is 0 Å². The second kappa shape index (κ2) is 6.04. The predicted molar refractivity (Wildman–Crippen MR) is 74.8 cm³/mol. The minimum absolute atomic E-state index is 0.123. The lowest BCUT2D eigenvalue weighted by Crippen LogP contribution is -2.26.